The van der Waals surface area contributed by atoms with Crippen molar-refractivity contribution < 1.29 is 9.18 Å². The number of nitrogens with two attached hydrogens (primary N) is 1. The molecule has 0 aliphatic heterocycles. The lowest BCUT2D eigenvalue weighted by atomic mass is 10.1. The number of benzene rings is 2. The molecule has 1 amide bonds. The second kappa shape index (κ2) is 6.32. The molecule has 0 saturated carbocycles. The Morgan fingerprint density at radius 1 is 1.24 bits per heavy atom. The van der Waals surface area contributed by atoms with Gasteiger partial charge in [0.2, 0.25) is 0 Å². The minimum Gasteiger partial charge on any atom is -0.389 e. The van der Waals surface area contributed by atoms with E-state index in [-0.39, 0.29) is 10.6 Å². The molecule has 0 aliphatic rings. The fourth-order valence-corrected chi connectivity index (χ4v) is 2.79. The molecule has 0 heterocycles. The Labute approximate surface area is 135 Å². The van der Waals surface area contributed by atoms with Crippen LogP contribution >= 0.6 is 28.1 Å². The highest BCUT2D eigenvalue weighted by Gasteiger charge is 2.17. The van der Waals surface area contributed by atoms with Crippen molar-refractivity contribution in [2.45, 2.75) is 6.92 Å². The largest absolute Gasteiger partial charge is 0.389 e. The summed E-state index contributed by atoms with van der Waals surface area (Å²) in [4.78, 5) is 12.5. The number of aryl methyl sites for hydroxylation is 1. The highest BCUT2D eigenvalue weighted by atomic mass is 79.9. The minimum atomic E-state index is -0.605. The molecule has 0 saturated heterocycles. The fourth-order valence-electron chi connectivity index (χ4n) is 2.00. The summed E-state index contributed by atoms with van der Waals surface area (Å²) in [5.74, 6) is -1.17. The molecule has 21 heavy (non-hydrogen) atoms. The summed E-state index contributed by atoms with van der Waals surface area (Å²) in [7, 11) is 0. The highest BCUT2D eigenvalue weighted by molar-refractivity contribution is 9.10. The number of carbonyl (C=O) groups excluding carboxylic acids is 1. The lowest BCUT2D eigenvalue weighted by Gasteiger charge is -2.13. The predicted octanol–water partition coefficient (Wildman–Crippen LogP) is 3.78. The van der Waals surface area contributed by atoms with Crippen LogP contribution in [-0.4, -0.2) is 10.9 Å². The summed E-state index contributed by atoms with van der Waals surface area (Å²) in [6.45, 7) is 1.84. The van der Waals surface area contributed by atoms with Gasteiger partial charge in [-0.3, -0.25) is 4.79 Å². The van der Waals surface area contributed by atoms with Crippen molar-refractivity contribution in [3.05, 3.63) is 63.4 Å². The Morgan fingerprint density at radius 3 is 2.52 bits per heavy atom. The smallest absolute Gasteiger partial charge is 0.259 e. The van der Waals surface area contributed by atoms with Crippen molar-refractivity contribution in [3.63, 3.8) is 0 Å². The number of hydrogen-bond acceptors (Lipinski definition) is 2. The molecule has 2 aromatic carbocycles. The van der Waals surface area contributed by atoms with Crippen LogP contribution in [0.25, 0.3) is 0 Å². The van der Waals surface area contributed by atoms with Crippen LogP contribution in [0.4, 0.5) is 10.1 Å². The first-order valence-corrected chi connectivity index (χ1v) is 7.26. The summed E-state index contributed by atoms with van der Waals surface area (Å²) >= 11 is 8.17. The molecular formula is C15H12BrFN2OS. The molecule has 0 unspecified atom stereocenters. The Kier molecular flexibility index (Phi) is 4.69. The second-order valence-electron chi connectivity index (χ2n) is 4.41. The second-order valence-corrected chi connectivity index (χ2v) is 5.71. The van der Waals surface area contributed by atoms with Crippen LogP contribution in [0.2, 0.25) is 0 Å². The Morgan fingerprint density at radius 2 is 1.90 bits per heavy atom. The predicted molar refractivity (Wildman–Crippen MR) is 89.1 cm³/mol. The minimum absolute atomic E-state index is 0.0621. The topological polar surface area (TPSA) is 55.1 Å². The normalized spacial score (nSPS) is 10.2. The van der Waals surface area contributed by atoms with Crippen LogP contribution < -0.4 is 11.1 Å². The van der Waals surface area contributed by atoms with E-state index in [9.17, 15) is 9.18 Å². The molecule has 3 N–H and O–H groups in total. The molecule has 0 fully saturated rings. The molecular weight excluding hydrogens is 355 g/mol. The summed E-state index contributed by atoms with van der Waals surface area (Å²) in [6, 6.07) is 9.62. The van der Waals surface area contributed by atoms with Crippen LogP contribution in [0.3, 0.4) is 0 Å². The number of nitrogens with one attached hydrogen (secondary N) is 1. The lowest BCUT2D eigenvalue weighted by Crippen LogP contribution is -2.19. The third-order valence-corrected chi connectivity index (χ3v) is 3.82. The van der Waals surface area contributed by atoms with Gasteiger partial charge in [-0.05, 0) is 46.6 Å². The van der Waals surface area contributed by atoms with E-state index in [0.717, 1.165) is 5.56 Å². The number of thiocarbonyl (C=S) groups is 1. The van der Waals surface area contributed by atoms with Gasteiger partial charge in [-0.1, -0.05) is 30.4 Å². The van der Waals surface area contributed by atoms with Crippen molar-refractivity contribution in [1.29, 1.82) is 0 Å². The quantitative estimate of drug-likeness (QED) is 0.812. The zero-order chi connectivity index (χ0) is 15.6. The summed E-state index contributed by atoms with van der Waals surface area (Å²) in [5.41, 5.74) is 7.50. The molecule has 0 aromatic heterocycles. The van der Waals surface area contributed by atoms with Gasteiger partial charge in [0.15, 0.2) is 0 Å². The van der Waals surface area contributed by atoms with Crippen LogP contribution in [0, 0.1) is 12.7 Å². The SMILES string of the molecule is Cc1cccc(NC(=O)c2c(F)cccc2Br)c1C(N)=S. The molecule has 2 aromatic rings. The van der Waals surface area contributed by atoms with Gasteiger partial charge in [0, 0.05) is 10.0 Å². The van der Waals surface area contributed by atoms with Crippen LogP contribution in [0.5, 0.6) is 0 Å². The molecule has 2 rings (SSSR count). The highest BCUT2D eigenvalue weighted by Crippen LogP contribution is 2.24. The maximum absolute atomic E-state index is 13.8. The number of rotatable bonds is 3. The number of amides is 1. The van der Waals surface area contributed by atoms with E-state index in [0.29, 0.717) is 15.7 Å². The zero-order valence-electron chi connectivity index (χ0n) is 11.1. The van der Waals surface area contributed by atoms with Gasteiger partial charge in [0.25, 0.3) is 5.91 Å². The average molecular weight is 367 g/mol. The third kappa shape index (κ3) is 3.28. The standard InChI is InChI=1S/C15H12BrFN2OS/c1-8-4-2-7-11(12(8)14(18)21)19-15(20)13-9(16)5-3-6-10(13)17/h2-7H,1H3,(H2,18,21)(H,19,20). The summed E-state index contributed by atoms with van der Waals surface area (Å²) in [5, 5.41) is 2.65. The Balaban J connectivity index is 2.42. The maximum Gasteiger partial charge on any atom is 0.259 e. The van der Waals surface area contributed by atoms with E-state index in [1.165, 1.54) is 12.1 Å². The van der Waals surface area contributed by atoms with E-state index in [4.69, 9.17) is 18.0 Å². The molecule has 0 atom stereocenters. The van der Waals surface area contributed by atoms with Crippen molar-refractivity contribution in [2.24, 2.45) is 5.73 Å². The van der Waals surface area contributed by atoms with Crippen molar-refractivity contribution >= 4 is 44.7 Å². The van der Waals surface area contributed by atoms with Gasteiger partial charge < -0.3 is 11.1 Å². The van der Waals surface area contributed by atoms with E-state index >= 15 is 0 Å². The molecule has 0 bridgehead atoms. The molecule has 6 heteroatoms. The third-order valence-electron chi connectivity index (χ3n) is 2.96. The van der Waals surface area contributed by atoms with E-state index < -0.39 is 11.7 Å². The van der Waals surface area contributed by atoms with Crippen LogP contribution in [0.15, 0.2) is 40.9 Å². The van der Waals surface area contributed by atoms with Gasteiger partial charge in [0.1, 0.15) is 10.8 Å². The van der Waals surface area contributed by atoms with Gasteiger partial charge in [0.05, 0.1) is 11.3 Å². The van der Waals surface area contributed by atoms with Crippen molar-refractivity contribution in [2.75, 3.05) is 5.32 Å². The van der Waals surface area contributed by atoms with Crippen LogP contribution in [-0.2, 0) is 0 Å². The summed E-state index contributed by atoms with van der Waals surface area (Å²) < 4.78 is 14.2. The first-order valence-electron chi connectivity index (χ1n) is 6.06. The fraction of sp³-hybridized carbons (Fsp3) is 0.0667. The lowest BCUT2D eigenvalue weighted by molar-refractivity contribution is 0.102. The van der Waals surface area contributed by atoms with Gasteiger partial charge >= 0.3 is 0 Å². The Hall–Kier alpha value is -1.79. The molecule has 0 aliphatic carbocycles. The maximum atomic E-state index is 13.8. The molecule has 108 valence electrons. The van der Waals surface area contributed by atoms with Gasteiger partial charge in [-0.2, -0.15) is 0 Å². The van der Waals surface area contributed by atoms with E-state index in [1.807, 2.05) is 13.0 Å². The zero-order valence-corrected chi connectivity index (χ0v) is 13.5. The number of hydrogen-bond donors (Lipinski definition) is 2. The molecule has 3 nitrogen and oxygen atoms in total. The molecule has 0 spiro atoms. The first-order chi connectivity index (χ1) is 9.91. The van der Waals surface area contributed by atoms with Gasteiger partial charge in [-0.25, -0.2) is 4.39 Å². The molecule has 0 radical (unpaired) electrons. The van der Waals surface area contributed by atoms with E-state index in [2.05, 4.69) is 21.2 Å². The first kappa shape index (κ1) is 15.6. The Bertz CT molecular complexity index is 713. The van der Waals surface area contributed by atoms with Gasteiger partial charge in [-0.15, -0.1) is 0 Å². The van der Waals surface area contributed by atoms with E-state index in [1.54, 1.807) is 18.2 Å². The summed E-state index contributed by atoms with van der Waals surface area (Å²) in [6.07, 6.45) is 0. The van der Waals surface area contributed by atoms with Crippen LogP contribution in [0.1, 0.15) is 21.5 Å². The van der Waals surface area contributed by atoms with Crippen molar-refractivity contribution in [1.82, 2.24) is 0 Å². The number of carbonyl (C=O) groups is 1. The number of halogens is 2. The van der Waals surface area contributed by atoms with Crippen molar-refractivity contribution in [3.8, 4) is 0 Å². The monoisotopic (exact) mass is 366 g/mol. The average Bonchev–Trinajstić information content (AvgIpc) is 2.37. The number of anilines is 1.